The number of alkyl halides is 3. The fourth-order valence-corrected chi connectivity index (χ4v) is 6.07. The Kier molecular flexibility index (Phi) is 9.60. The van der Waals surface area contributed by atoms with Gasteiger partial charge in [-0.3, -0.25) is 14.4 Å². The van der Waals surface area contributed by atoms with Crippen molar-refractivity contribution < 1.29 is 27.6 Å². The van der Waals surface area contributed by atoms with E-state index < -0.39 is 29.6 Å². The maximum Gasteiger partial charge on any atom is 0.416 e. The highest BCUT2D eigenvalue weighted by Crippen LogP contribution is 2.34. The molecule has 0 saturated heterocycles. The molecule has 1 heterocycles. The van der Waals surface area contributed by atoms with Gasteiger partial charge in [0.25, 0.3) is 11.8 Å². The van der Waals surface area contributed by atoms with E-state index in [-0.39, 0.29) is 29.6 Å². The van der Waals surface area contributed by atoms with Crippen LogP contribution in [0.2, 0.25) is 0 Å². The van der Waals surface area contributed by atoms with Crippen molar-refractivity contribution in [3.8, 4) is 0 Å². The molecule has 220 valence electrons. The van der Waals surface area contributed by atoms with Crippen LogP contribution in [0.5, 0.6) is 0 Å². The summed E-state index contributed by atoms with van der Waals surface area (Å²) in [6.07, 6.45) is -2.54. The van der Waals surface area contributed by atoms with E-state index in [1.54, 1.807) is 40.9 Å². The molecule has 3 amide bonds. The molecule has 42 heavy (non-hydrogen) atoms. The molecule has 3 aromatic rings. The van der Waals surface area contributed by atoms with Crippen LogP contribution in [0.4, 0.5) is 18.9 Å². The standard InChI is InChI=1S/C29H27F3IN5O3S/c1-16-13-18(14-37-28(41)25(35-36-37)19-8-10-20(11-9-19)29(30,31)32)7-12-23(16)38(17(2)15-42-3)27(40)24-21(26(34)39)5-4-6-22(24)33/h4-13,17,25H,14-15H2,1-3H3,(H2,34,39). The van der Waals surface area contributed by atoms with E-state index in [1.807, 2.05) is 48.8 Å². The number of aryl methyl sites for hydroxylation is 1. The van der Waals surface area contributed by atoms with E-state index in [0.29, 0.717) is 26.1 Å². The number of hydrogen-bond acceptors (Lipinski definition) is 6. The summed E-state index contributed by atoms with van der Waals surface area (Å²) < 4.78 is 39.3. The molecule has 2 N–H and O–H groups in total. The van der Waals surface area contributed by atoms with E-state index in [4.69, 9.17) is 5.73 Å². The monoisotopic (exact) mass is 709 g/mol. The summed E-state index contributed by atoms with van der Waals surface area (Å²) in [4.78, 5) is 40.8. The Hall–Kier alpha value is -3.46. The predicted octanol–water partition coefficient (Wildman–Crippen LogP) is 6.57. The van der Waals surface area contributed by atoms with Gasteiger partial charge in [0.05, 0.1) is 23.2 Å². The minimum Gasteiger partial charge on any atom is -0.366 e. The lowest BCUT2D eigenvalue weighted by molar-refractivity contribution is -0.137. The maximum absolute atomic E-state index is 14.0. The molecule has 0 radical (unpaired) electrons. The summed E-state index contributed by atoms with van der Waals surface area (Å²) in [5.74, 6) is -0.870. The fraction of sp³-hybridized carbons (Fsp3) is 0.276. The number of halogens is 4. The molecular formula is C29H27F3IN5O3S. The maximum atomic E-state index is 14.0. The number of rotatable bonds is 9. The predicted molar refractivity (Wildman–Crippen MR) is 163 cm³/mol. The number of carbonyl (C=O) groups is 3. The van der Waals surface area contributed by atoms with Gasteiger partial charge in [-0.1, -0.05) is 35.6 Å². The number of benzene rings is 3. The first-order valence-corrected chi connectivity index (χ1v) is 15.2. The van der Waals surface area contributed by atoms with Gasteiger partial charge < -0.3 is 10.6 Å². The number of amides is 3. The summed E-state index contributed by atoms with van der Waals surface area (Å²) in [5, 5.41) is 9.11. The van der Waals surface area contributed by atoms with Crippen LogP contribution in [0.15, 0.2) is 71.0 Å². The fourth-order valence-electron chi connectivity index (χ4n) is 4.71. The second-order valence-corrected chi connectivity index (χ2v) is 11.8. The first-order chi connectivity index (χ1) is 19.8. The molecule has 3 aromatic carbocycles. The number of primary amides is 1. The summed E-state index contributed by atoms with van der Waals surface area (Å²) >= 11 is 3.60. The van der Waals surface area contributed by atoms with Gasteiger partial charge in [-0.2, -0.15) is 30.0 Å². The Balaban J connectivity index is 1.58. The van der Waals surface area contributed by atoms with Crippen LogP contribution in [-0.2, 0) is 17.5 Å². The average molecular weight is 710 g/mol. The van der Waals surface area contributed by atoms with Crippen LogP contribution in [0, 0.1) is 10.5 Å². The Morgan fingerprint density at radius 1 is 1.14 bits per heavy atom. The SMILES string of the molecule is CSCC(C)N(C(=O)c1c(I)cccc1C(N)=O)c1ccc(CN2N=NC(c3ccc(C(F)(F)F)cc3)C2=O)cc1C. The number of carbonyl (C=O) groups excluding carboxylic acids is 3. The summed E-state index contributed by atoms with van der Waals surface area (Å²) in [6, 6.07) is 13.4. The Morgan fingerprint density at radius 3 is 2.43 bits per heavy atom. The number of nitrogens with two attached hydrogens (primary N) is 1. The lowest BCUT2D eigenvalue weighted by atomic mass is 10.0. The second-order valence-electron chi connectivity index (χ2n) is 9.75. The van der Waals surface area contributed by atoms with Crippen molar-refractivity contribution in [1.29, 1.82) is 0 Å². The first-order valence-electron chi connectivity index (χ1n) is 12.7. The number of hydrogen-bond donors (Lipinski definition) is 1. The van der Waals surface area contributed by atoms with E-state index >= 15 is 0 Å². The zero-order valence-corrected chi connectivity index (χ0v) is 25.8. The molecule has 0 fully saturated rings. The average Bonchev–Trinajstić information content (AvgIpc) is 3.29. The zero-order valence-electron chi connectivity index (χ0n) is 22.9. The van der Waals surface area contributed by atoms with Crippen LogP contribution in [0.25, 0.3) is 0 Å². The van der Waals surface area contributed by atoms with Gasteiger partial charge in [0.2, 0.25) is 5.91 Å². The van der Waals surface area contributed by atoms with E-state index in [9.17, 15) is 27.6 Å². The minimum atomic E-state index is -4.48. The van der Waals surface area contributed by atoms with E-state index in [2.05, 4.69) is 10.3 Å². The highest BCUT2D eigenvalue weighted by atomic mass is 127. The quantitative estimate of drug-likeness (QED) is 0.254. The van der Waals surface area contributed by atoms with Gasteiger partial charge in [-0.15, -0.1) is 0 Å². The van der Waals surface area contributed by atoms with Crippen molar-refractivity contribution in [3.05, 3.63) is 97.6 Å². The van der Waals surface area contributed by atoms with E-state index in [0.717, 1.165) is 17.7 Å². The molecule has 0 aromatic heterocycles. The molecule has 2 unspecified atom stereocenters. The number of nitrogens with zero attached hydrogens (tertiary/aromatic N) is 4. The number of anilines is 1. The third-order valence-electron chi connectivity index (χ3n) is 6.73. The van der Waals surface area contributed by atoms with Gasteiger partial charge in [-0.05, 0) is 89.7 Å². The summed E-state index contributed by atoms with van der Waals surface area (Å²) in [5.41, 5.74) is 7.58. The Bertz CT molecular complexity index is 1550. The Labute approximate surface area is 258 Å². The van der Waals surface area contributed by atoms with Crippen LogP contribution in [0.1, 0.15) is 55.9 Å². The molecule has 1 aliphatic rings. The largest absolute Gasteiger partial charge is 0.416 e. The lowest BCUT2D eigenvalue weighted by Crippen LogP contribution is -2.42. The van der Waals surface area contributed by atoms with Crippen molar-refractivity contribution in [2.45, 2.75) is 38.7 Å². The molecule has 0 aliphatic carbocycles. The highest BCUT2D eigenvalue weighted by Gasteiger charge is 2.34. The van der Waals surface area contributed by atoms with Crippen LogP contribution in [0.3, 0.4) is 0 Å². The van der Waals surface area contributed by atoms with Crippen molar-refractivity contribution in [1.82, 2.24) is 5.01 Å². The smallest absolute Gasteiger partial charge is 0.366 e. The second kappa shape index (κ2) is 12.8. The van der Waals surface area contributed by atoms with Crippen LogP contribution < -0.4 is 10.6 Å². The molecule has 2 atom stereocenters. The normalized spacial score (nSPS) is 15.6. The highest BCUT2D eigenvalue weighted by molar-refractivity contribution is 14.1. The van der Waals surface area contributed by atoms with Gasteiger partial charge in [-0.25, -0.2) is 5.01 Å². The van der Waals surface area contributed by atoms with Crippen LogP contribution >= 0.6 is 34.4 Å². The summed E-state index contributed by atoms with van der Waals surface area (Å²) in [6.45, 7) is 3.84. The number of thioether (sulfide) groups is 1. The molecule has 1 aliphatic heterocycles. The van der Waals surface area contributed by atoms with Crippen molar-refractivity contribution in [3.63, 3.8) is 0 Å². The molecule has 0 spiro atoms. The summed E-state index contributed by atoms with van der Waals surface area (Å²) in [7, 11) is 0. The third kappa shape index (κ3) is 6.61. The van der Waals surface area contributed by atoms with Crippen molar-refractivity contribution >= 4 is 57.8 Å². The molecule has 8 nitrogen and oxygen atoms in total. The topological polar surface area (TPSA) is 108 Å². The van der Waals surface area contributed by atoms with Crippen LogP contribution in [-0.4, -0.2) is 40.8 Å². The minimum absolute atomic E-state index is 0.0807. The van der Waals surface area contributed by atoms with Gasteiger partial charge in [0, 0.05) is 21.1 Å². The molecule has 4 rings (SSSR count). The third-order valence-corrected chi connectivity index (χ3v) is 8.45. The van der Waals surface area contributed by atoms with Crippen molar-refractivity contribution in [2.24, 2.45) is 16.1 Å². The zero-order chi connectivity index (χ0) is 30.8. The lowest BCUT2D eigenvalue weighted by Gasteiger charge is -2.31. The van der Waals surface area contributed by atoms with E-state index in [1.165, 1.54) is 23.2 Å². The first kappa shape index (κ1) is 31.5. The van der Waals surface area contributed by atoms with Gasteiger partial charge in [0.1, 0.15) is 0 Å². The molecular weight excluding hydrogens is 682 g/mol. The Morgan fingerprint density at radius 2 is 1.83 bits per heavy atom. The van der Waals surface area contributed by atoms with Crippen molar-refractivity contribution in [2.75, 3.05) is 16.9 Å². The van der Waals surface area contributed by atoms with Gasteiger partial charge in [0.15, 0.2) is 6.04 Å². The molecule has 0 bridgehead atoms. The molecule has 0 saturated carbocycles. The molecule has 13 heteroatoms. The van der Waals surface area contributed by atoms with Gasteiger partial charge >= 0.3 is 6.18 Å².